The van der Waals surface area contributed by atoms with Gasteiger partial charge in [0.1, 0.15) is 12.6 Å². The van der Waals surface area contributed by atoms with Crippen molar-refractivity contribution in [2.75, 3.05) is 0 Å². The maximum absolute atomic E-state index is 12.5. The van der Waals surface area contributed by atoms with Gasteiger partial charge in [0.2, 0.25) is 5.91 Å². The van der Waals surface area contributed by atoms with Crippen LogP contribution in [0.1, 0.15) is 28.8 Å². The summed E-state index contributed by atoms with van der Waals surface area (Å²) in [6, 6.07) is 16.9. The van der Waals surface area contributed by atoms with Gasteiger partial charge < -0.3 is 4.74 Å². The van der Waals surface area contributed by atoms with Crippen LogP contribution in [-0.4, -0.2) is 28.7 Å². The van der Waals surface area contributed by atoms with Gasteiger partial charge in [-0.15, -0.1) is 0 Å². The molecule has 1 fully saturated rings. The van der Waals surface area contributed by atoms with Gasteiger partial charge in [-0.05, 0) is 24.1 Å². The molecule has 1 saturated heterocycles. The molecule has 0 bridgehead atoms. The van der Waals surface area contributed by atoms with E-state index in [1.807, 2.05) is 30.3 Å². The van der Waals surface area contributed by atoms with Crippen molar-refractivity contribution in [3.8, 4) is 0 Å². The maximum Gasteiger partial charge on any atom is 0.329 e. The molecule has 5 nitrogen and oxygen atoms in total. The zero-order valence-corrected chi connectivity index (χ0v) is 13.1. The summed E-state index contributed by atoms with van der Waals surface area (Å²) in [7, 11) is 0. The quantitative estimate of drug-likeness (QED) is 0.641. The molecule has 1 aliphatic heterocycles. The smallest absolute Gasteiger partial charge is 0.329 e. The number of benzene rings is 2. The molecule has 0 N–H and O–H groups in total. The van der Waals surface area contributed by atoms with Crippen LogP contribution in [0.4, 0.5) is 0 Å². The molecule has 0 unspecified atom stereocenters. The van der Waals surface area contributed by atoms with Crippen molar-refractivity contribution in [2.45, 2.75) is 25.5 Å². The summed E-state index contributed by atoms with van der Waals surface area (Å²) in [6.45, 7) is 0.123. The van der Waals surface area contributed by atoms with Gasteiger partial charge >= 0.3 is 5.97 Å². The predicted molar refractivity (Wildman–Crippen MR) is 86.9 cm³/mol. The van der Waals surface area contributed by atoms with Gasteiger partial charge in [0.25, 0.3) is 5.91 Å². The molecule has 24 heavy (non-hydrogen) atoms. The fraction of sp³-hybridized carbons (Fsp3) is 0.211. The van der Waals surface area contributed by atoms with E-state index >= 15 is 0 Å². The van der Waals surface area contributed by atoms with Gasteiger partial charge in [-0.25, -0.2) is 4.79 Å². The lowest BCUT2D eigenvalue weighted by Crippen LogP contribution is -2.43. The summed E-state index contributed by atoms with van der Waals surface area (Å²) >= 11 is 0. The highest BCUT2D eigenvalue weighted by Crippen LogP contribution is 2.23. The van der Waals surface area contributed by atoms with Crippen molar-refractivity contribution in [3.05, 3.63) is 71.8 Å². The van der Waals surface area contributed by atoms with Gasteiger partial charge in [-0.1, -0.05) is 48.5 Å². The Morgan fingerprint density at radius 1 is 1.00 bits per heavy atom. The lowest BCUT2D eigenvalue weighted by atomic mass is 10.1. The van der Waals surface area contributed by atoms with E-state index in [2.05, 4.69) is 0 Å². The second-order valence-corrected chi connectivity index (χ2v) is 5.58. The predicted octanol–water partition coefficient (Wildman–Crippen LogP) is 2.56. The first-order valence-corrected chi connectivity index (χ1v) is 7.79. The minimum atomic E-state index is -0.853. The highest BCUT2D eigenvalue weighted by Gasteiger charge is 2.41. The minimum Gasteiger partial charge on any atom is -0.459 e. The molecule has 2 aromatic carbocycles. The van der Waals surface area contributed by atoms with E-state index in [1.54, 1.807) is 30.3 Å². The summed E-state index contributed by atoms with van der Waals surface area (Å²) in [5.41, 5.74) is 1.24. The summed E-state index contributed by atoms with van der Waals surface area (Å²) < 4.78 is 5.29. The van der Waals surface area contributed by atoms with E-state index in [9.17, 15) is 14.4 Å². The van der Waals surface area contributed by atoms with Gasteiger partial charge in [-0.2, -0.15) is 0 Å². The Morgan fingerprint density at radius 3 is 2.29 bits per heavy atom. The Balaban J connectivity index is 1.70. The first-order chi connectivity index (χ1) is 11.7. The fourth-order valence-electron chi connectivity index (χ4n) is 2.71. The standard InChI is InChI=1S/C19H17NO4/c21-17-12-11-16(19(23)24-13-14-7-3-1-4-8-14)20(17)18(22)15-9-5-2-6-10-15/h1-10,16H,11-13H2/t16-/m0/s1. The molecule has 122 valence electrons. The van der Waals surface area contributed by atoms with Crippen LogP contribution in [0.25, 0.3) is 0 Å². The van der Waals surface area contributed by atoms with E-state index < -0.39 is 17.9 Å². The molecular weight excluding hydrogens is 306 g/mol. The van der Waals surface area contributed by atoms with E-state index in [1.165, 1.54) is 0 Å². The zero-order valence-electron chi connectivity index (χ0n) is 13.1. The average Bonchev–Trinajstić information content (AvgIpc) is 3.02. The number of hydrogen-bond donors (Lipinski definition) is 0. The number of nitrogens with zero attached hydrogens (tertiary/aromatic N) is 1. The molecular formula is C19H17NO4. The highest BCUT2D eigenvalue weighted by molar-refractivity contribution is 6.08. The number of esters is 1. The van der Waals surface area contributed by atoms with Gasteiger partial charge in [0.15, 0.2) is 0 Å². The summed E-state index contributed by atoms with van der Waals surface area (Å²) in [6.07, 6.45) is 0.467. The van der Waals surface area contributed by atoms with Crippen LogP contribution in [0, 0.1) is 0 Å². The topological polar surface area (TPSA) is 63.7 Å². The van der Waals surface area contributed by atoms with Crippen LogP contribution in [0.2, 0.25) is 0 Å². The van der Waals surface area contributed by atoms with E-state index in [-0.39, 0.29) is 18.9 Å². The van der Waals surface area contributed by atoms with Gasteiger partial charge in [0, 0.05) is 12.0 Å². The molecule has 5 heteroatoms. The summed E-state index contributed by atoms with van der Waals surface area (Å²) in [5, 5.41) is 0. The Bertz CT molecular complexity index is 742. The number of carbonyl (C=O) groups excluding carboxylic acids is 3. The lowest BCUT2D eigenvalue weighted by Gasteiger charge is -2.21. The normalized spacial score (nSPS) is 16.9. The molecule has 0 radical (unpaired) electrons. The first kappa shape index (κ1) is 15.9. The van der Waals surface area contributed by atoms with Crippen LogP contribution in [0.15, 0.2) is 60.7 Å². The third-order valence-corrected chi connectivity index (χ3v) is 3.95. The van der Waals surface area contributed by atoms with E-state index in [4.69, 9.17) is 4.74 Å². The number of ether oxygens (including phenoxy) is 1. The summed E-state index contributed by atoms with van der Waals surface area (Å²) in [4.78, 5) is 38.0. The number of likely N-dealkylation sites (tertiary alicyclic amines) is 1. The number of imide groups is 1. The van der Waals surface area contributed by atoms with Crippen molar-refractivity contribution < 1.29 is 19.1 Å². The second kappa shape index (κ2) is 7.08. The maximum atomic E-state index is 12.5. The van der Waals surface area contributed by atoms with Gasteiger partial charge in [0.05, 0.1) is 0 Å². The molecule has 1 heterocycles. The highest BCUT2D eigenvalue weighted by atomic mass is 16.5. The Morgan fingerprint density at radius 2 is 1.62 bits per heavy atom. The lowest BCUT2D eigenvalue weighted by molar-refractivity contribution is -0.151. The van der Waals surface area contributed by atoms with Crippen LogP contribution in [0.5, 0.6) is 0 Å². The molecule has 2 aromatic rings. The van der Waals surface area contributed by atoms with Crippen molar-refractivity contribution in [1.29, 1.82) is 0 Å². The second-order valence-electron chi connectivity index (χ2n) is 5.58. The Labute approximate surface area is 139 Å². The van der Waals surface area contributed by atoms with Crippen LogP contribution < -0.4 is 0 Å². The van der Waals surface area contributed by atoms with Crippen molar-refractivity contribution in [3.63, 3.8) is 0 Å². The molecule has 2 amide bonds. The molecule has 1 atom stereocenters. The number of rotatable bonds is 4. The third-order valence-electron chi connectivity index (χ3n) is 3.95. The first-order valence-electron chi connectivity index (χ1n) is 7.79. The SMILES string of the molecule is O=C(OCc1ccccc1)[C@@H]1CCC(=O)N1C(=O)c1ccccc1. The van der Waals surface area contributed by atoms with Crippen molar-refractivity contribution in [1.82, 2.24) is 4.90 Å². The fourth-order valence-corrected chi connectivity index (χ4v) is 2.71. The van der Waals surface area contributed by atoms with Crippen LogP contribution >= 0.6 is 0 Å². The molecule has 3 rings (SSSR count). The van der Waals surface area contributed by atoms with E-state index in [0.717, 1.165) is 10.5 Å². The van der Waals surface area contributed by atoms with Crippen LogP contribution in [-0.2, 0) is 20.9 Å². The van der Waals surface area contributed by atoms with Crippen molar-refractivity contribution >= 4 is 17.8 Å². The Kier molecular flexibility index (Phi) is 4.70. The number of carbonyl (C=O) groups is 3. The average molecular weight is 323 g/mol. The third kappa shape index (κ3) is 3.35. The number of amides is 2. The molecule has 0 spiro atoms. The Hall–Kier alpha value is -2.95. The monoisotopic (exact) mass is 323 g/mol. The molecule has 1 aliphatic rings. The minimum absolute atomic E-state index is 0.123. The molecule has 0 aromatic heterocycles. The van der Waals surface area contributed by atoms with Gasteiger partial charge in [-0.3, -0.25) is 14.5 Å². The van der Waals surface area contributed by atoms with Crippen molar-refractivity contribution in [2.24, 2.45) is 0 Å². The number of hydrogen-bond acceptors (Lipinski definition) is 4. The molecule has 0 aliphatic carbocycles. The van der Waals surface area contributed by atoms with E-state index in [0.29, 0.717) is 12.0 Å². The van der Waals surface area contributed by atoms with Crippen LogP contribution in [0.3, 0.4) is 0 Å². The zero-order chi connectivity index (χ0) is 16.9. The molecule has 0 saturated carbocycles. The summed E-state index contributed by atoms with van der Waals surface area (Å²) in [5.74, 6) is -1.35. The largest absolute Gasteiger partial charge is 0.459 e.